The highest BCUT2D eigenvalue weighted by molar-refractivity contribution is 5.93. The van der Waals surface area contributed by atoms with Crippen LogP contribution in [0.4, 0.5) is 16.2 Å². The van der Waals surface area contributed by atoms with Gasteiger partial charge in [-0.3, -0.25) is 0 Å². The first-order valence-corrected chi connectivity index (χ1v) is 5.67. The molecule has 2 amide bonds. The van der Waals surface area contributed by atoms with E-state index in [-0.39, 0.29) is 12.1 Å². The minimum atomic E-state index is -0.235. The summed E-state index contributed by atoms with van der Waals surface area (Å²) >= 11 is 0. The molecule has 1 aliphatic heterocycles. The predicted molar refractivity (Wildman–Crippen MR) is 67.0 cm³/mol. The molecule has 0 bridgehead atoms. The fraction of sp³-hybridized carbons (Fsp3) is 0.417. The van der Waals surface area contributed by atoms with Crippen molar-refractivity contribution in [3.05, 3.63) is 23.8 Å². The Balaban J connectivity index is 1.97. The summed E-state index contributed by atoms with van der Waals surface area (Å²) in [6.45, 7) is 3.19. The van der Waals surface area contributed by atoms with Gasteiger partial charge in [0.25, 0.3) is 0 Å². The highest BCUT2D eigenvalue weighted by Crippen LogP contribution is 2.22. The zero-order chi connectivity index (χ0) is 12.3. The number of amides is 2. The van der Waals surface area contributed by atoms with Crippen LogP contribution < -0.4 is 16.4 Å². The quantitative estimate of drug-likeness (QED) is 0.680. The van der Waals surface area contributed by atoms with Crippen molar-refractivity contribution in [2.75, 3.05) is 24.3 Å². The molecule has 5 heteroatoms. The summed E-state index contributed by atoms with van der Waals surface area (Å²) in [5, 5.41) is 5.63. The third-order valence-electron chi connectivity index (χ3n) is 2.81. The number of urea groups is 1. The molecule has 17 heavy (non-hydrogen) atoms. The van der Waals surface area contributed by atoms with Crippen molar-refractivity contribution < 1.29 is 9.53 Å². The number of hydrogen-bond donors (Lipinski definition) is 3. The van der Waals surface area contributed by atoms with Gasteiger partial charge in [0.05, 0.1) is 24.0 Å². The van der Waals surface area contributed by atoms with E-state index < -0.39 is 0 Å². The fourth-order valence-electron chi connectivity index (χ4n) is 1.84. The van der Waals surface area contributed by atoms with Crippen molar-refractivity contribution in [1.29, 1.82) is 0 Å². The minimum Gasteiger partial charge on any atom is -0.397 e. The molecule has 5 nitrogen and oxygen atoms in total. The van der Waals surface area contributed by atoms with E-state index in [1.165, 1.54) is 0 Å². The first-order valence-electron chi connectivity index (χ1n) is 5.67. The van der Waals surface area contributed by atoms with Crippen LogP contribution in [0.2, 0.25) is 0 Å². The van der Waals surface area contributed by atoms with Gasteiger partial charge in [0.15, 0.2) is 0 Å². The average molecular weight is 235 g/mol. The molecule has 1 heterocycles. The van der Waals surface area contributed by atoms with E-state index in [1.807, 2.05) is 19.1 Å². The Bertz CT molecular complexity index is 394. The average Bonchev–Trinajstić information content (AvgIpc) is 2.76. The molecule has 1 fully saturated rings. The number of aryl methyl sites for hydroxylation is 1. The van der Waals surface area contributed by atoms with Gasteiger partial charge in [-0.15, -0.1) is 0 Å². The maximum absolute atomic E-state index is 11.7. The van der Waals surface area contributed by atoms with Gasteiger partial charge in [-0.05, 0) is 25.0 Å². The van der Waals surface area contributed by atoms with Crippen molar-refractivity contribution in [1.82, 2.24) is 5.32 Å². The number of benzene rings is 1. The van der Waals surface area contributed by atoms with Crippen LogP contribution in [0, 0.1) is 6.92 Å². The van der Waals surface area contributed by atoms with Gasteiger partial charge in [0, 0.05) is 6.61 Å². The van der Waals surface area contributed by atoms with E-state index in [0.29, 0.717) is 24.6 Å². The Morgan fingerprint density at radius 3 is 3.00 bits per heavy atom. The third kappa shape index (κ3) is 2.88. The van der Waals surface area contributed by atoms with Crippen LogP contribution in [0.15, 0.2) is 18.2 Å². The van der Waals surface area contributed by atoms with Gasteiger partial charge in [0.1, 0.15) is 0 Å². The number of ether oxygens (including phenoxy) is 1. The van der Waals surface area contributed by atoms with Crippen molar-refractivity contribution in [3.63, 3.8) is 0 Å². The molecule has 2 rings (SSSR count). The smallest absolute Gasteiger partial charge is 0.319 e. The van der Waals surface area contributed by atoms with Gasteiger partial charge in [-0.25, -0.2) is 4.79 Å². The van der Waals surface area contributed by atoms with E-state index in [0.717, 1.165) is 12.0 Å². The number of anilines is 2. The number of para-hydroxylation sites is 1. The van der Waals surface area contributed by atoms with E-state index in [4.69, 9.17) is 10.5 Å². The van der Waals surface area contributed by atoms with Crippen LogP contribution in [-0.2, 0) is 4.74 Å². The van der Waals surface area contributed by atoms with E-state index in [1.54, 1.807) is 6.07 Å². The lowest BCUT2D eigenvalue weighted by Gasteiger charge is -2.14. The van der Waals surface area contributed by atoms with Gasteiger partial charge >= 0.3 is 6.03 Å². The molecule has 92 valence electrons. The molecular weight excluding hydrogens is 218 g/mol. The van der Waals surface area contributed by atoms with Crippen LogP contribution in [0.1, 0.15) is 12.0 Å². The molecule has 0 saturated carbocycles. The second-order valence-corrected chi connectivity index (χ2v) is 4.20. The highest BCUT2D eigenvalue weighted by Gasteiger charge is 2.18. The number of nitrogens with one attached hydrogen (secondary N) is 2. The van der Waals surface area contributed by atoms with Crippen LogP contribution in [0.25, 0.3) is 0 Å². The number of carbonyl (C=O) groups is 1. The van der Waals surface area contributed by atoms with Crippen molar-refractivity contribution in [2.24, 2.45) is 0 Å². The number of nitrogens with two attached hydrogens (primary N) is 1. The van der Waals surface area contributed by atoms with Crippen LogP contribution >= 0.6 is 0 Å². The summed E-state index contributed by atoms with van der Waals surface area (Å²) in [6, 6.07) is 5.39. The van der Waals surface area contributed by atoms with Gasteiger partial charge in [0.2, 0.25) is 0 Å². The lowest BCUT2D eigenvalue weighted by molar-refractivity contribution is 0.189. The SMILES string of the molecule is Cc1cccc(N)c1NC(=O)NC1CCOC1. The molecule has 1 atom stereocenters. The molecule has 1 aromatic rings. The largest absolute Gasteiger partial charge is 0.397 e. The molecule has 0 aromatic heterocycles. The van der Waals surface area contributed by atoms with E-state index >= 15 is 0 Å². The Morgan fingerprint density at radius 2 is 2.35 bits per heavy atom. The molecule has 1 saturated heterocycles. The number of hydrogen-bond acceptors (Lipinski definition) is 3. The molecule has 0 aliphatic carbocycles. The van der Waals surface area contributed by atoms with Crippen LogP contribution in [-0.4, -0.2) is 25.3 Å². The lowest BCUT2D eigenvalue weighted by atomic mass is 10.1. The monoisotopic (exact) mass is 235 g/mol. The molecular formula is C12H17N3O2. The fourth-order valence-corrected chi connectivity index (χ4v) is 1.84. The molecule has 1 unspecified atom stereocenters. The summed E-state index contributed by atoms with van der Waals surface area (Å²) in [5.74, 6) is 0. The number of rotatable bonds is 2. The van der Waals surface area contributed by atoms with Gasteiger partial charge in [-0.1, -0.05) is 12.1 Å². The minimum absolute atomic E-state index is 0.0974. The Morgan fingerprint density at radius 1 is 1.53 bits per heavy atom. The van der Waals surface area contributed by atoms with Crippen molar-refractivity contribution in [2.45, 2.75) is 19.4 Å². The summed E-state index contributed by atoms with van der Waals surface area (Å²) in [6.07, 6.45) is 0.858. The summed E-state index contributed by atoms with van der Waals surface area (Å²) in [4.78, 5) is 11.7. The summed E-state index contributed by atoms with van der Waals surface area (Å²) in [7, 11) is 0. The lowest BCUT2D eigenvalue weighted by Crippen LogP contribution is -2.38. The second kappa shape index (κ2) is 5.05. The normalized spacial score (nSPS) is 19.0. The Labute approximate surface area is 100 Å². The molecule has 1 aromatic carbocycles. The Kier molecular flexibility index (Phi) is 3.49. The zero-order valence-electron chi connectivity index (χ0n) is 9.82. The molecule has 0 spiro atoms. The summed E-state index contributed by atoms with van der Waals surface area (Å²) in [5.41, 5.74) is 8.00. The van der Waals surface area contributed by atoms with E-state index in [2.05, 4.69) is 10.6 Å². The van der Waals surface area contributed by atoms with E-state index in [9.17, 15) is 4.79 Å². The predicted octanol–water partition coefficient (Wildman–Crippen LogP) is 1.49. The molecule has 1 aliphatic rings. The highest BCUT2D eigenvalue weighted by atomic mass is 16.5. The maximum Gasteiger partial charge on any atom is 0.319 e. The van der Waals surface area contributed by atoms with Crippen molar-refractivity contribution >= 4 is 17.4 Å². The maximum atomic E-state index is 11.7. The standard InChI is InChI=1S/C12H17N3O2/c1-8-3-2-4-10(13)11(8)15-12(16)14-9-5-6-17-7-9/h2-4,9H,5-7,13H2,1H3,(H2,14,15,16). The van der Waals surface area contributed by atoms with Crippen LogP contribution in [0.3, 0.4) is 0 Å². The Hall–Kier alpha value is -1.75. The topological polar surface area (TPSA) is 76.4 Å². The van der Waals surface area contributed by atoms with Gasteiger partial charge in [-0.2, -0.15) is 0 Å². The number of carbonyl (C=O) groups excluding carboxylic acids is 1. The first kappa shape index (κ1) is 11.7. The molecule has 0 radical (unpaired) electrons. The summed E-state index contributed by atoms with van der Waals surface area (Å²) < 4.78 is 5.19. The number of nitrogen functional groups attached to an aromatic ring is 1. The van der Waals surface area contributed by atoms with Crippen LogP contribution in [0.5, 0.6) is 0 Å². The van der Waals surface area contributed by atoms with Gasteiger partial charge < -0.3 is 21.1 Å². The zero-order valence-corrected chi connectivity index (χ0v) is 9.82. The third-order valence-corrected chi connectivity index (χ3v) is 2.81. The van der Waals surface area contributed by atoms with Crippen molar-refractivity contribution in [3.8, 4) is 0 Å². The second-order valence-electron chi connectivity index (χ2n) is 4.20. The molecule has 4 N–H and O–H groups in total. The first-order chi connectivity index (χ1) is 8.16.